The fourth-order valence-electron chi connectivity index (χ4n) is 4.03. The molecule has 2 heterocycles. The maximum absolute atomic E-state index is 12.7. The van der Waals surface area contributed by atoms with Crippen LogP contribution < -0.4 is 14.8 Å². The molecule has 7 nitrogen and oxygen atoms in total. The molecule has 1 aliphatic heterocycles. The van der Waals surface area contributed by atoms with Gasteiger partial charge in [0.1, 0.15) is 0 Å². The summed E-state index contributed by atoms with van der Waals surface area (Å²) < 4.78 is 16.0. The summed E-state index contributed by atoms with van der Waals surface area (Å²) in [5, 5.41) is 3.80. The number of fused-ring (bicyclic) bond motifs is 4. The Bertz CT molecular complexity index is 1150. The number of benzene rings is 2. The van der Waals surface area contributed by atoms with E-state index in [1.165, 1.54) is 17.7 Å². The van der Waals surface area contributed by atoms with Crippen molar-refractivity contribution in [2.75, 3.05) is 12.1 Å². The quantitative estimate of drug-likeness (QED) is 0.640. The number of aromatic nitrogens is 1. The standard InChI is InChI=1S/C23H22N2O5/c1-13(22(26)24-15-7-9-20-21(11-15)29-12-28-20)30-23(27)14-6-8-19-17(10-14)16-4-2-3-5-18(16)25-19/h6-11,13,25H,2-5,12H2,1H3,(H,24,26)/t13-/m0/s1. The van der Waals surface area contributed by atoms with Crippen molar-refractivity contribution < 1.29 is 23.8 Å². The highest BCUT2D eigenvalue weighted by molar-refractivity contribution is 5.99. The highest BCUT2D eigenvalue weighted by atomic mass is 16.7. The van der Waals surface area contributed by atoms with Gasteiger partial charge in [-0.3, -0.25) is 4.79 Å². The van der Waals surface area contributed by atoms with E-state index in [9.17, 15) is 9.59 Å². The molecule has 0 saturated heterocycles. The van der Waals surface area contributed by atoms with Crippen LogP contribution >= 0.6 is 0 Å². The van der Waals surface area contributed by atoms with Crippen molar-refractivity contribution in [1.29, 1.82) is 0 Å². The van der Waals surface area contributed by atoms with Gasteiger partial charge in [0.2, 0.25) is 6.79 Å². The van der Waals surface area contributed by atoms with Gasteiger partial charge in [-0.1, -0.05) is 0 Å². The fraction of sp³-hybridized carbons (Fsp3) is 0.304. The SMILES string of the molecule is C[C@H](OC(=O)c1ccc2[nH]c3c(c2c1)CCCC3)C(=O)Nc1ccc2c(c1)OCO2. The number of hydrogen-bond acceptors (Lipinski definition) is 5. The fourth-order valence-corrected chi connectivity index (χ4v) is 4.03. The molecule has 3 aromatic rings. The van der Waals surface area contributed by atoms with Crippen LogP contribution in [0.3, 0.4) is 0 Å². The van der Waals surface area contributed by atoms with E-state index in [0.717, 1.165) is 30.2 Å². The lowest BCUT2D eigenvalue weighted by Gasteiger charge is -2.14. The summed E-state index contributed by atoms with van der Waals surface area (Å²) in [6.07, 6.45) is 3.46. The second-order valence-corrected chi connectivity index (χ2v) is 7.65. The van der Waals surface area contributed by atoms with Crippen LogP contribution in [0.15, 0.2) is 36.4 Å². The third kappa shape index (κ3) is 3.36. The van der Waals surface area contributed by atoms with E-state index in [-0.39, 0.29) is 6.79 Å². The highest BCUT2D eigenvalue weighted by Gasteiger charge is 2.22. The number of carbonyl (C=O) groups excluding carboxylic acids is 2. The molecule has 1 amide bonds. The smallest absolute Gasteiger partial charge is 0.338 e. The molecule has 0 unspecified atom stereocenters. The Morgan fingerprint density at radius 2 is 1.90 bits per heavy atom. The molecule has 0 radical (unpaired) electrons. The number of hydrogen-bond donors (Lipinski definition) is 2. The second-order valence-electron chi connectivity index (χ2n) is 7.65. The number of anilines is 1. The zero-order chi connectivity index (χ0) is 20.7. The van der Waals surface area contributed by atoms with Crippen molar-refractivity contribution in [1.82, 2.24) is 4.98 Å². The van der Waals surface area contributed by atoms with Crippen molar-refractivity contribution in [2.45, 2.75) is 38.7 Å². The minimum Gasteiger partial charge on any atom is -0.454 e. The first-order chi connectivity index (χ1) is 14.6. The molecular weight excluding hydrogens is 384 g/mol. The van der Waals surface area contributed by atoms with Crippen LogP contribution in [0.1, 0.15) is 41.4 Å². The summed E-state index contributed by atoms with van der Waals surface area (Å²) in [5.41, 5.74) is 4.58. The Balaban J connectivity index is 1.28. The predicted octanol–water partition coefficient (Wildman–Crippen LogP) is 3.96. The minimum absolute atomic E-state index is 0.162. The van der Waals surface area contributed by atoms with Gasteiger partial charge in [-0.05, 0) is 68.5 Å². The Hall–Kier alpha value is -3.48. The maximum atomic E-state index is 12.7. The Kier molecular flexibility index (Phi) is 4.58. The van der Waals surface area contributed by atoms with Crippen molar-refractivity contribution in [2.24, 2.45) is 0 Å². The second kappa shape index (κ2) is 7.40. The summed E-state index contributed by atoms with van der Waals surface area (Å²) in [5.74, 6) is 0.272. The number of esters is 1. The average molecular weight is 406 g/mol. The van der Waals surface area contributed by atoms with Gasteiger partial charge >= 0.3 is 5.97 Å². The molecule has 5 rings (SSSR count). The Morgan fingerprint density at radius 3 is 2.80 bits per heavy atom. The lowest BCUT2D eigenvalue weighted by atomic mass is 9.95. The van der Waals surface area contributed by atoms with E-state index in [1.807, 2.05) is 12.1 Å². The van der Waals surface area contributed by atoms with Crippen LogP contribution in [0.25, 0.3) is 10.9 Å². The third-order valence-electron chi connectivity index (χ3n) is 5.63. The molecular formula is C23H22N2O5. The Labute approximate surface area is 173 Å². The molecule has 0 saturated carbocycles. The maximum Gasteiger partial charge on any atom is 0.338 e. The molecule has 1 atom stereocenters. The zero-order valence-corrected chi connectivity index (χ0v) is 16.6. The van der Waals surface area contributed by atoms with Crippen molar-refractivity contribution in [3.63, 3.8) is 0 Å². The lowest BCUT2D eigenvalue weighted by Crippen LogP contribution is -2.30. The number of aryl methyl sites for hydroxylation is 2. The minimum atomic E-state index is -0.946. The molecule has 1 aliphatic carbocycles. The molecule has 7 heteroatoms. The first-order valence-corrected chi connectivity index (χ1v) is 10.1. The van der Waals surface area contributed by atoms with E-state index in [1.54, 1.807) is 31.2 Å². The van der Waals surface area contributed by atoms with E-state index in [2.05, 4.69) is 10.3 Å². The van der Waals surface area contributed by atoms with E-state index in [0.29, 0.717) is 22.7 Å². The number of H-pyrrole nitrogens is 1. The molecule has 0 spiro atoms. The van der Waals surface area contributed by atoms with E-state index < -0.39 is 18.0 Å². The topological polar surface area (TPSA) is 89.7 Å². The van der Waals surface area contributed by atoms with Crippen LogP contribution in [0, 0.1) is 0 Å². The number of aromatic amines is 1. The van der Waals surface area contributed by atoms with Crippen molar-refractivity contribution in [3.8, 4) is 11.5 Å². The number of amides is 1. The van der Waals surface area contributed by atoms with E-state index in [4.69, 9.17) is 14.2 Å². The number of carbonyl (C=O) groups is 2. The van der Waals surface area contributed by atoms with Crippen LogP contribution in [-0.4, -0.2) is 29.8 Å². The molecule has 0 fully saturated rings. The molecule has 154 valence electrons. The number of nitrogens with one attached hydrogen (secondary N) is 2. The van der Waals surface area contributed by atoms with Gasteiger partial charge in [-0.25, -0.2) is 4.79 Å². The van der Waals surface area contributed by atoms with Gasteiger partial charge in [0.25, 0.3) is 5.91 Å². The predicted molar refractivity (Wildman–Crippen MR) is 111 cm³/mol. The normalized spacial score (nSPS) is 15.5. The van der Waals surface area contributed by atoms with Crippen LogP contribution in [0.4, 0.5) is 5.69 Å². The van der Waals surface area contributed by atoms with Crippen LogP contribution in [0.2, 0.25) is 0 Å². The highest BCUT2D eigenvalue weighted by Crippen LogP contribution is 2.34. The van der Waals surface area contributed by atoms with Gasteiger partial charge in [0.15, 0.2) is 17.6 Å². The van der Waals surface area contributed by atoms with Gasteiger partial charge < -0.3 is 24.5 Å². The third-order valence-corrected chi connectivity index (χ3v) is 5.63. The lowest BCUT2D eigenvalue weighted by molar-refractivity contribution is -0.123. The molecule has 2 N–H and O–H groups in total. The number of rotatable bonds is 4. The molecule has 1 aromatic heterocycles. The molecule has 2 aromatic carbocycles. The van der Waals surface area contributed by atoms with Gasteiger partial charge in [-0.15, -0.1) is 0 Å². The van der Waals surface area contributed by atoms with Crippen LogP contribution in [-0.2, 0) is 22.4 Å². The molecule has 30 heavy (non-hydrogen) atoms. The molecule has 2 aliphatic rings. The van der Waals surface area contributed by atoms with Gasteiger partial charge in [-0.2, -0.15) is 0 Å². The summed E-state index contributed by atoms with van der Waals surface area (Å²) in [6, 6.07) is 10.6. The van der Waals surface area contributed by atoms with E-state index >= 15 is 0 Å². The number of ether oxygens (including phenoxy) is 3. The van der Waals surface area contributed by atoms with Gasteiger partial charge in [0, 0.05) is 28.4 Å². The first-order valence-electron chi connectivity index (χ1n) is 10.1. The van der Waals surface area contributed by atoms with Crippen molar-refractivity contribution in [3.05, 3.63) is 53.2 Å². The summed E-state index contributed by atoms with van der Waals surface area (Å²) in [6.45, 7) is 1.71. The van der Waals surface area contributed by atoms with Crippen molar-refractivity contribution >= 4 is 28.5 Å². The summed E-state index contributed by atoms with van der Waals surface area (Å²) >= 11 is 0. The summed E-state index contributed by atoms with van der Waals surface area (Å²) in [4.78, 5) is 28.6. The Morgan fingerprint density at radius 1 is 1.07 bits per heavy atom. The molecule has 0 bridgehead atoms. The monoisotopic (exact) mass is 406 g/mol. The largest absolute Gasteiger partial charge is 0.454 e. The summed E-state index contributed by atoms with van der Waals surface area (Å²) in [7, 11) is 0. The zero-order valence-electron chi connectivity index (χ0n) is 16.6. The van der Waals surface area contributed by atoms with Crippen LogP contribution in [0.5, 0.6) is 11.5 Å². The average Bonchev–Trinajstić information content (AvgIpc) is 3.37. The first kappa shape index (κ1) is 18.5. The van der Waals surface area contributed by atoms with Gasteiger partial charge in [0.05, 0.1) is 5.56 Å².